The second kappa shape index (κ2) is 3.82. The van der Waals surface area contributed by atoms with Crippen molar-refractivity contribution < 1.29 is 25.6 Å². The molecule has 1 aromatic heterocycles. The standard InChI is InChI=1S/C11H11NO5/c13-8-2-1-6(9(14)5-8)3-7-4-10(15)12(17)11(7)16/h1-2,4-5,13-17H,3H2. The van der Waals surface area contributed by atoms with Crippen LogP contribution in [0.25, 0.3) is 0 Å². The fourth-order valence-electron chi connectivity index (χ4n) is 1.56. The third-order valence-corrected chi connectivity index (χ3v) is 2.46. The van der Waals surface area contributed by atoms with E-state index in [1.165, 1.54) is 24.3 Å². The molecule has 0 saturated carbocycles. The molecule has 1 heterocycles. The summed E-state index contributed by atoms with van der Waals surface area (Å²) in [6.07, 6.45) is 0.110. The minimum absolute atomic E-state index is 0.0713. The van der Waals surface area contributed by atoms with Gasteiger partial charge in [-0.1, -0.05) is 6.07 Å². The minimum atomic E-state index is -0.491. The first-order valence-corrected chi connectivity index (χ1v) is 4.81. The summed E-state index contributed by atoms with van der Waals surface area (Å²) in [7, 11) is 0. The lowest BCUT2D eigenvalue weighted by atomic mass is 10.1. The molecule has 0 bridgehead atoms. The highest BCUT2D eigenvalue weighted by atomic mass is 16.5. The van der Waals surface area contributed by atoms with Gasteiger partial charge in [-0.05, 0) is 11.6 Å². The van der Waals surface area contributed by atoms with Gasteiger partial charge in [-0.2, -0.15) is 0 Å². The Balaban J connectivity index is 2.34. The number of hydrogen-bond acceptors (Lipinski definition) is 5. The Morgan fingerprint density at radius 1 is 0.941 bits per heavy atom. The van der Waals surface area contributed by atoms with Crippen LogP contribution in [0, 0.1) is 0 Å². The topological polar surface area (TPSA) is 106 Å². The molecule has 0 spiro atoms. The number of hydrogen-bond donors (Lipinski definition) is 5. The van der Waals surface area contributed by atoms with E-state index in [2.05, 4.69) is 0 Å². The van der Waals surface area contributed by atoms with Crippen molar-refractivity contribution in [2.45, 2.75) is 6.42 Å². The van der Waals surface area contributed by atoms with Crippen molar-refractivity contribution in [1.82, 2.24) is 4.73 Å². The zero-order valence-corrected chi connectivity index (χ0v) is 8.70. The summed E-state index contributed by atoms with van der Waals surface area (Å²) in [5, 5.41) is 46.4. The van der Waals surface area contributed by atoms with Gasteiger partial charge < -0.3 is 25.6 Å². The smallest absolute Gasteiger partial charge is 0.232 e. The van der Waals surface area contributed by atoms with Crippen LogP contribution in [-0.4, -0.2) is 30.4 Å². The Kier molecular flexibility index (Phi) is 2.47. The third kappa shape index (κ3) is 1.92. The van der Waals surface area contributed by atoms with E-state index in [4.69, 9.17) is 15.4 Å². The van der Waals surface area contributed by atoms with Crippen LogP contribution >= 0.6 is 0 Å². The fourth-order valence-corrected chi connectivity index (χ4v) is 1.56. The van der Waals surface area contributed by atoms with Crippen LogP contribution in [0.1, 0.15) is 11.1 Å². The van der Waals surface area contributed by atoms with Gasteiger partial charge in [0, 0.05) is 24.1 Å². The molecule has 0 unspecified atom stereocenters. The van der Waals surface area contributed by atoms with Crippen LogP contribution in [0.15, 0.2) is 24.3 Å². The molecule has 0 aliphatic heterocycles. The quantitative estimate of drug-likeness (QED) is 0.503. The molecule has 0 radical (unpaired) electrons. The Morgan fingerprint density at radius 2 is 1.65 bits per heavy atom. The van der Waals surface area contributed by atoms with Crippen LogP contribution in [-0.2, 0) is 6.42 Å². The molecular weight excluding hydrogens is 226 g/mol. The Morgan fingerprint density at radius 3 is 2.18 bits per heavy atom. The molecule has 2 aromatic rings. The Hall–Kier alpha value is -2.50. The zero-order chi connectivity index (χ0) is 12.6. The molecule has 0 atom stereocenters. The molecule has 90 valence electrons. The van der Waals surface area contributed by atoms with E-state index in [1.807, 2.05) is 0 Å². The second-order valence-corrected chi connectivity index (χ2v) is 3.65. The van der Waals surface area contributed by atoms with Crippen molar-refractivity contribution in [2.75, 3.05) is 0 Å². The molecule has 5 N–H and O–H groups in total. The van der Waals surface area contributed by atoms with Crippen molar-refractivity contribution in [3.63, 3.8) is 0 Å². The van der Waals surface area contributed by atoms with E-state index in [0.29, 0.717) is 5.56 Å². The lowest BCUT2D eigenvalue weighted by molar-refractivity contribution is 0.130. The average Bonchev–Trinajstić information content (AvgIpc) is 2.50. The number of benzene rings is 1. The molecule has 0 fully saturated rings. The second-order valence-electron chi connectivity index (χ2n) is 3.65. The molecule has 17 heavy (non-hydrogen) atoms. The van der Waals surface area contributed by atoms with Crippen molar-refractivity contribution >= 4 is 0 Å². The molecule has 1 aromatic carbocycles. The minimum Gasteiger partial charge on any atom is -0.508 e. The van der Waals surface area contributed by atoms with Gasteiger partial charge in [0.2, 0.25) is 11.8 Å². The van der Waals surface area contributed by atoms with Gasteiger partial charge in [-0.25, -0.2) is 0 Å². The highest BCUT2D eigenvalue weighted by molar-refractivity contribution is 5.44. The molecule has 6 heteroatoms. The van der Waals surface area contributed by atoms with Crippen molar-refractivity contribution in [3.8, 4) is 23.3 Å². The predicted octanol–water partition coefficient (Wildman–Crippen LogP) is 1.14. The number of rotatable bonds is 2. The van der Waals surface area contributed by atoms with Crippen LogP contribution < -0.4 is 0 Å². The molecule has 0 aliphatic rings. The van der Waals surface area contributed by atoms with Crippen molar-refractivity contribution in [3.05, 3.63) is 35.4 Å². The summed E-state index contributed by atoms with van der Waals surface area (Å²) >= 11 is 0. The summed E-state index contributed by atoms with van der Waals surface area (Å²) in [6.45, 7) is 0. The van der Waals surface area contributed by atoms with E-state index in [0.717, 1.165) is 0 Å². The van der Waals surface area contributed by atoms with Gasteiger partial charge >= 0.3 is 0 Å². The van der Waals surface area contributed by atoms with Crippen molar-refractivity contribution in [1.29, 1.82) is 0 Å². The van der Waals surface area contributed by atoms with Crippen LogP contribution in [0.2, 0.25) is 0 Å². The van der Waals surface area contributed by atoms with E-state index < -0.39 is 11.8 Å². The maximum absolute atomic E-state index is 9.55. The predicted molar refractivity (Wildman–Crippen MR) is 57.5 cm³/mol. The monoisotopic (exact) mass is 237 g/mol. The summed E-state index contributed by atoms with van der Waals surface area (Å²) in [5.74, 6) is -1.18. The van der Waals surface area contributed by atoms with Gasteiger partial charge in [0.15, 0.2) is 0 Å². The normalized spacial score (nSPS) is 10.6. The SMILES string of the molecule is Oc1ccc(Cc2cc(O)n(O)c2O)c(O)c1. The van der Waals surface area contributed by atoms with Crippen LogP contribution in [0.5, 0.6) is 23.3 Å². The van der Waals surface area contributed by atoms with Gasteiger partial charge in [0.1, 0.15) is 11.5 Å². The Bertz CT molecular complexity index is 561. The van der Waals surface area contributed by atoms with Gasteiger partial charge in [0.05, 0.1) is 0 Å². The number of phenolic OH excluding ortho intramolecular Hbond substituents is 2. The maximum atomic E-state index is 9.55. The van der Waals surface area contributed by atoms with E-state index in [-0.39, 0.29) is 28.2 Å². The van der Waals surface area contributed by atoms with E-state index in [9.17, 15) is 10.2 Å². The van der Waals surface area contributed by atoms with Gasteiger partial charge in [-0.15, -0.1) is 4.73 Å². The maximum Gasteiger partial charge on any atom is 0.232 e. The first-order valence-electron chi connectivity index (χ1n) is 4.81. The van der Waals surface area contributed by atoms with Crippen LogP contribution in [0.4, 0.5) is 0 Å². The molecule has 0 saturated heterocycles. The fraction of sp³-hybridized carbons (Fsp3) is 0.0909. The summed E-state index contributed by atoms with van der Waals surface area (Å²) < 4.78 is 0.243. The average molecular weight is 237 g/mol. The highest BCUT2D eigenvalue weighted by Crippen LogP contribution is 2.31. The van der Waals surface area contributed by atoms with Crippen LogP contribution in [0.3, 0.4) is 0 Å². The van der Waals surface area contributed by atoms with Gasteiger partial charge in [0.25, 0.3) is 0 Å². The Labute approximate surface area is 96.2 Å². The summed E-state index contributed by atoms with van der Waals surface area (Å²) in [5.41, 5.74) is 0.703. The first-order chi connectivity index (χ1) is 7.99. The number of nitrogens with zero attached hydrogens (tertiary/aromatic N) is 1. The molecule has 0 amide bonds. The number of phenols is 2. The zero-order valence-electron chi connectivity index (χ0n) is 8.70. The third-order valence-electron chi connectivity index (χ3n) is 2.46. The molecule has 6 nitrogen and oxygen atoms in total. The number of aromatic nitrogens is 1. The molecule has 2 rings (SSSR count). The molecular formula is C11H11NO5. The van der Waals surface area contributed by atoms with E-state index >= 15 is 0 Å². The van der Waals surface area contributed by atoms with Crippen molar-refractivity contribution in [2.24, 2.45) is 0 Å². The number of aromatic hydroxyl groups is 4. The summed E-state index contributed by atoms with van der Waals surface area (Å²) in [6, 6.07) is 5.22. The summed E-state index contributed by atoms with van der Waals surface area (Å²) in [4.78, 5) is 0. The molecule has 0 aliphatic carbocycles. The van der Waals surface area contributed by atoms with E-state index in [1.54, 1.807) is 0 Å². The lowest BCUT2D eigenvalue weighted by Gasteiger charge is -2.04. The van der Waals surface area contributed by atoms with Gasteiger partial charge in [-0.3, -0.25) is 0 Å². The largest absolute Gasteiger partial charge is 0.508 e. The first kappa shape index (κ1) is 11.0. The highest BCUT2D eigenvalue weighted by Gasteiger charge is 2.14. The lowest BCUT2D eigenvalue weighted by Crippen LogP contribution is -1.90.